The van der Waals surface area contributed by atoms with Crippen LogP contribution in [0.5, 0.6) is 5.75 Å². The number of likely N-dealkylation sites (tertiary alicyclic amines) is 1. The quantitative estimate of drug-likeness (QED) is 0.757. The number of methoxy groups -OCH3 is 1. The van der Waals surface area contributed by atoms with E-state index in [1.807, 2.05) is 25.7 Å². The maximum Gasteiger partial charge on any atom is 0.356 e. The van der Waals surface area contributed by atoms with E-state index in [2.05, 4.69) is 9.72 Å². The molecule has 0 N–H and O–H groups in total. The molecule has 0 bridgehead atoms. The van der Waals surface area contributed by atoms with Gasteiger partial charge in [0.05, 0.1) is 19.9 Å². The lowest BCUT2D eigenvalue weighted by atomic mass is 10.2. The number of rotatable bonds is 5. The van der Waals surface area contributed by atoms with Crippen LogP contribution in [0.3, 0.4) is 0 Å². The van der Waals surface area contributed by atoms with Crippen LogP contribution in [0.1, 0.15) is 37.7 Å². The van der Waals surface area contributed by atoms with Crippen LogP contribution in [0.2, 0.25) is 0 Å². The maximum atomic E-state index is 11.9. The first-order valence-electron chi connectivity index (χ1n) is 7.92. The Bertz CT molecular complexity index is 580. The van der Waals surface area contributed by atoms with Crippen molar-refractivity contribution in [3.63, 3.8) is 0 Å². The topological polar surface area (TPSA) is 78.0 Å². The molecule has 0 saturated carbocycles. The smallest absolute Gasteiger partial charge is 0.356 e. The summed E-state index contributed by atoms with van der Waals surface area (Å²) in [4.78, 5) is 29.2. The lowest BCUT2D eigenvalue weighted by Gasteiger charge is -2.22. The van der Waals surface area contributed by atoms with Crippen LogP contribution in [0.15, 0.2) is 18.3 Å². The first kappa shape index (κ1) is 18.2. The molecule has 1 atom stereocenters. The monoisotopic (exact) mass is 336 g/mol. The summed E-state index contributed by atoms with van der Waals surface area (Å²) in [6, 6.07) is 3.25. The molecule has 2 heterocycles. The molecule has 0 spiro atoms. The summed E-state index contributed by atoms with van der Waals surface area (Å²) in [6.07, 6.45) is 2.31. The molecule has 0 aliphatic carbocycles. The Hall–Kier alpha value is -2.15. The van der Waals surface area contributed by atoms with Crippen molar-refractivity contribution in [1.29, 1.82) is 0 Å². The van der Waals surface area contributed by atoms with E-state index in [0.29, 0.717) is 12.3 Å². The molecular formula is C17H24N2O5. The van der Waals surface area contributed by atoms with Crippen LogP contribution < -0.4 is 4.74 Å². The predicted octanol–water partition coefficient (Wildman–Crippen LogP) is 1.66. The van der Waals surface area contributed by atoms with Gasteiger partial charge in [0.15, 0.2) is 0 Å². The predicted molar refractivity (Wildman–Crippen MR) is 86.9 cm³/mol. The van der Waals surface area contributed by atoms with Crippen LogP contribution in [-0.2, 0) is 14.3 Å². The van der Waals surface area contributed by atoms with Gasteiger partial charge in [0.2, 0.25) is 0 Å². The van der Waals surface area contributed by atoms with Gasteiger partial charge in [-0.3, -0.25) is 9.69 Å². The maximum absolute atomic E-state index is 11.9. The van der Waals surface area contributed by atoms with Crippen molar-refractivity contribution in [1.82, 2.24) is 9.88 Å². The Morgan fingerprint density at radius 1 is 1.33 bits per heavy atom. The van der Waals surface area contributed by atoms with Crippen LogP contribution in [-0.4, -0.2) is 60.3 Å². The Morgan fingerprint density at radius 2 is 2.08 bits per heavy atom. The van der Waals surface area contributed by atoms with Crippen LogP contribution in [0.25, 0.3) is 0 Å². The first-order valence-corrected chi connectivity index (χ1v) is 7.92. The number of esters is 2. The van der Waals surface area contributed by atoms with Crippen molar-refractivity contribution < 1.29 is 23.8 Å². The molecule has 1 aromatic rings. The Kier molecular flexibility index (Phi) is 5.77. The van der Waals surface area contributed by atoms with Gasteiger partial charge in [0.1, 0.15) is 23.1 Å². The minimum atomic E-state index is -0.481. The number of pyridine rings is 1. The van der Waals surface area contributed by atoms with E-state index in [4.69, 9.17) is 9.47 Å². The number of carbonyl (C=O) groups is 2. The zero-order valence-electron chi connectivity index (χ0n) is 14.6. The third-order valence-corrected chi connectivity index (χ3v) is 3.44. The lowest BCUT2D eigenvalue weighted by Crippen LogP contribution is -2.34. The van der Waals surface area contributed by atoms with E-state index < -0.39 is 11.6 Å². The van der Waals surface area contributed by atoms with Crippen molar-refractivity contribution >= 4 is 11.9 Å². The fraction of sp³-hybridized carbons (Fsp3) is 0.588. The van der Waals surface area contributed by atoms with Crippen molar-refractivity contribution in [3.8, 4) is 5.75 Å². The average Bonchev–Trinajstić information content (AvgIpc) is 2.92. The van der Waals surface area contributed by atoms with E-state index in [1.165, 1.54) is 13.3 Å². The van der Waals surface area contributed by atoms with E-state index in [-0.39, 0.29) is 24.3 Å². The summed E-state index contributed by atoms with van der Waals surface area (Å²) in [5.74, 6) is -0.120. The Morgan fingerprint density at radius 3 is 2.67 bits per heavy atom. The standard InChI is InChI=1S/C17H24N2O5/c1-17(2,3)24-15(20)11-19-8-7-13(10-19)23-12-5-6-14(18-9-12)16(21)22-4/h5-6,9,13H,7-8,10-11H2,1-4H3/t13-/m1/s1. The largest absolute Gasteiger partial charge is 0.487 e. The number of hydrogen-bond donors (Lipinski definition) is 0. The highest BCUT2D eigenvalue weighted by molar-refractivity contribution is 5.87. The third-order valence-electron chi connectivity index (χ3n) is 3.44. The molecule has 0 amide bonds. The van der Waals surface area contributed by atoms with Gasteiger partial charge in [0, 0.05) is 13.1 Å². The van der Waals surface area contributed by atoms with Crippen LogP contribution >= 0.6 is 0 Å². The Balaban J connectivity index is 1.81. The minimum absolute atomic E-state index is 0.0155. The first-order chi connectivity index (χ1) is 11.3. The van der Waals surface area contributed by atoms with Gasteiger partial charge in [-0.2, -0.15) is 0 Å². The highest BCUT2D eigenvalue weighted by Gasteiger charge is 2.27. The molecule has 0 radical (unpaired) electrons. The SMILES string of the molecule is COC(=O)c1ccc(O[C@@H]2CCN(CC(=O)OC(C)(C)C)C2)cn1. The van der Waals surface area contributed by atoms with Gasteiger partial charge in [-0.1, -0.05) is 0 Å². The second kappa shape index (κ2) is 7.61. The second-order valence-corrected chi connectivity index (χ2v) is 6.72. The zero-order chi connectivity index (χ0) is 17.7. The molecule has 2 rings (SSSR count). The van der Waals surface area contributed by atoms with Gasteiger partial charge in [0.25, 0.3) is 0 Å². The molecule has 7 heteroatoms. The average molecular weight is 336 g/mol. The molecule has 1 fully saturated rings. The summed E-state index contributed by atoms with van der Waals surface area (Å²) < 4.78 is 15.8. The number of ether oxygens (including phenoxy) is 3. The third kappa shape index (κ3) is 5.49. The molecule has 1 aliphatic heterocycles. The van der Waals surface area contributed by atoms with Crippen molar-refractivity contribution in [2.24, 2.45) is 0 Å². The number of nitrogens with zero attached hydrogens (tertiary/aromatic N) is 2. The lowest BCUT2D eigenvalue weighted by molar-refractivity contribution is -0.155. The molecular weight excluding hydrogens is 312 g/mol. The highest BCUT2D eigenvalue weighted by Crippen LogP contribution is 2.18. The summed E-state index contributed by atoms with van der Waals surface area (Å²) in [5, 5.41) is 0. The zero-order valence-corrected chi connectivity index (χ0v) is 14.6. The fourth-order valence-electron chi connectivity index (χ4n) is 2.46. The fourth-order valence-corrected chi connectivity index (χ4v) is 2.46. The number of aromatic nitrogens is 1. The summed E-state index contributed by atoms with van der Waals surface area (Å²) in [7, 11) is 1.31. The summed E-state index contributed by atoms with van der Waals surface area (Å²) >= 11 is 0. The van der Waals surface area contributed by atoms with Crippen molar-refractivity contribution in [2.45, 2.75) is 38.9 Å². The number of carbonyl (C=O) groups excluding carboxylic acids is 2. The molecule has 24 heavy (non-hydrogen) atoms. The number of hydrogen-bond acceptors (Lipinski definition) is 7. The van der Waals surface area contributed by atoms with Gasteiger partial charge in [-0.15, -0.1) is 0 Å². The summed E-state index contributed by atoms with van der Waals surface area (Å²) in [6.45, 7) is 7.25. The van der Waals surface area contributed by atoms with Gasteiger partial charge >= 0.3 is 11.9 Å². The molecule has 1 aromatic heterocycles. The van der Waals surface area contributed by atoms with Gasteiger partial charge in [-0.05, 0) is 39.3 Å². The molecule has 1 saturated heterocycles. The van der Waals surface area contributed by atoms with Crippen molar-refractivity contribution in [2.75, 3.05) is 26.7 Å². The van der Waals surface area contributed by atoms with E-state index in [9.17, 15) is 9.59 Å². The molecule has 7 nitrogen and oxygen atoms in total. The molecule has 132 valence electrons. The molecule has 1 aliphatic rings. The van der Waals surface area contributed by atoms with Gasteiger partial charge < -0.3 is 14.2 Å². The van der Waals surface area contributed by atoms with Crippen LogP contribution in [0.4, 0.5) is 0 Å². The normalized spacial score (nSPS) is 18.2. The van der Waals surface area contributed by atoms with E-state index in [0.717, 1.165) is 13.0 Å². The Labute approximate surface area is 141 Å². The van der Waals surface area contributed by atoms with E-state index in [1.54, 1.807) is 12.1 Å². The van der Waals surface area contributed by atoms with E-state index >= 15 is 0 Å². The van der Waals surface area contributed by atoms with Crippen molar-refractivity contribution in [3.05, 3.63) is 24.0 Å². The van der Waals surface area contributed by atoms with Crippen LogP contribution in [0, 0.1) is 0 Å². The molecule has 0 aromatic carbocycles. The minimum Gasteiger partial charge on any atom is -0.487 e. The summed E-state index contributed by atoms with van der Waals surface area (Å²) in [5.41, 5.74) is -0.234. The highest BCUT2D eigenvalue weighted by atomic mass is 16.6. The second-order valence-electron chi connectivity index (χ2n) is 6.72. The van der Waals surface area contributed by atoms with Gasteiger partial charge in [-0.25, -0.2) is 9.78 Å². The molecule has 0 unspecified atom stereocenters.